The second kappa shape index (κ2) is 18.0. The molecule has 0 aliphatic carbocycles. The van der Waals surface area contributed by atoms with Crippen LogP contribution in [0.25, 0.3) is 0 Å². The molecule has 0 aromatic carbocycles. The summed E-state index contributed by atoms with van der Waals surface area (Å²) in [6.45, 7) is 0. The molecule has 0 unspecified atom stereocenters. The Kier molecular flexibility index (Phi) is 144. The van der Waals surface area contributed by atoms with Gasteiger partial charge in [-0.2, -0.15) is 0 Å². The van der Waals surface area contributed by atoms with Gasteiger partial charge in [0.1, 0.15) is 0 Å². The molecule has 0 aliphatic heterocycles. The molecule has 0 spiro atoms. The van der Waals surface area contributed by atoms with Gasteiger partial charge in [0.15, 0.2) is 17.4 Å². The molecule has 0 heterocycles. The van der Waals surface area contributed by atoms with Crippen LogP contribution in [0, 0.1) is 0 Å². The Morgan fingerprint density at radius 1 is 1.25 bits per heavy atom. The van der Waals surface area contributed by atoms with Crippen LogP contribution in [0.3, 0.4) is 0 Å². The molecular formula is H5AlFeMgZn. The summed E-state index contributed by atoms with van der Waals surface area (Å²) in [5.74, 6) is 0. The first-order valence-electron chi connectivity index (χ1n) is 0. The Hall–Kier alpha value is 2.44. The minimum atomic E-state index is 0. The van der Waals surface area contributed by atoms with Crippen molar-refractivity contribution in [3.8, 4) is 0 Å². The molecule has 0 atom stereocenters. The van der Waals surface area contributed by atoms with Gasteiger partial charge in [-0.3, -0.25) is 0 Å². The molecule has 0 fully saturated rings. The maximum Gasteiger partial charge on any atom is 2.00 e. The fourth-order valence-corrected chi connectivity index (χ4v) is 0. The molecule has 4 heavy (non-hydrogen) atoms. The van der Waals surface area contributed by atoms with Gasteiger partial charge in [-0.05, 0) is 0 Å². The fourth-order valence-electron chi connectivity index (χ4n) is 0. The van der Waals surface area contributed by atoms with E-state index >= 15 is 0 Å². The van der Waals surface area contributed by atoms with Crippen molar-refractivity contribution in [1.29, 1.82) is 0 Å². The fraction of sp³-hybridized carbons (Fsp3) is 0. The molecule has 0 N–H and O–H groups in total. The van der Waals surface area contributed by atoms with Crippen LogP contribution in [-0.2, 0) is 36.5 Å². The average molecular weight is 178 g/mol. The van der Waals surface area contributed by atoms with Crippen molar-refractivity contribution in [1.82, 2.24) is 0 Å². The third-order valence-electron chi connectivity index (χ3n) is 0. The van der Waals surface area contributed by atoms with Gasteiger partial charge in [0.05, 0.1) is 0 Å². The topological polar surface area (TPSA) is 0 Å². The first kappa shape index (κ1) is 32.0. The Bertz CT molecular complexity index is 13.5. The van der Waals surface area contributed by atoms with Crippen molar-refractivity contribution >= 4 is 40.4 Å². The van der Waals surface area contributed by atoms with Crippen LogP contribution < -0.4 is 0 Å². The second-order valence-corrected chi connectivity index (χ2v) is 0. The van der Waals surface area contributed by atoms with Gasteiger partial charge < -0.3 is 2.85 Å². The van der Waals surface area contributed by atoms with E-state index in [1.54, 1.807) is 0 Å². The van der Waals surface area contributed by atoms with Gasteiger partial charge in [0, 0.05) is 36.5 Å². The molecule has 0 amide bonds. The van der Waals surface area contributed by atoms with E-state index < -0.39 is 0 Å². The van der Waals surface area contributed by atoms with Gasteiger partial charge in [0.25, 0.3) is 0 Å². The van der Waals surface area contributed by atoms with Crippen molar-refractivity contribution < 1.29 is 39.4 Å². The van der Waals surface area contributed by atoms with E-state index in [0.29, 0.717) is 0 Å². The SMILES string of the molecule is [AlH3].[Fe].[H-].[H-].[Mg+2].[Zn]. The molecule has 0 bridgehead atoms. The molecule has 0 nitrogen and oxygen atoms in total. The predicted octanol–water partition coefficient (Wildman–Crippen LogP) is -1.34. The van der Waals surface area contributed by atoms with Crippen LogP contribution in [-0.4, -0.2) is 40.4 Å². The van der Waals surface area contributed by atoms with Gasteiger partial charge in [-0.25, -0.2) is 0 Å². The smallest absolute Gasteiger partial charge is 1.00 e. The quantitative estimate of drug-likeness (QED) is 0.402. The molecule has 0 rings (SSSR count). The average Bonchev–Trinajstić information content (AvgIpc) is 0. The van der Waals surface area contributed by atoms with E-state index in [0.717, 1.165) is 0 Å². The maximum atomic E-state index is 0. The van der Waals surface area contributed by atoms with Crippen LogP contribution in [0.1, 0.15) is 2.85 Å². The van der Waals surface area contributed by atoms with E-state index in [9.17, 15) is 0 Å². The van der Waals surface area contributed by atoms with E-state index in [1.807, 2.05) is 0 Å². The Morgan fingerprint density at radius 2 is 1.25 bits per heavy atom. The first-order valence-corrected chi connectivity index (χ1v) is 0. The number of hydrogen-bond acceptors (Lipinski definition) is 0. The molecule has 0 aliphatic rings. The van der Waals surface area contributed by atoms with Crippen molar-refractivity contribution in [3.63, 3.8) is 0 Å². The monoisotopic (exact) mass is 176 g/mol. The van der Waals surface area contributed by atoms with Crippen molar-refractivity contribution in [3.05, 3.63) is 0 Å². The predicted molar refractivity (Wildman–Crippen MR) is 17.9 cm³/mol. The third kappa shape index (κ3) is 8.82. The number of rotatable bonds is 0. The molecule has 0 radical (unpaired) electrons. The molecule has 0 saturated carbocycles. The van der Waals surface area contributed by atoms with Crippen LogP contribution in [0.5, 0.6) is 0 Å². The van der Waals surface area contributed by atoms with Crippen molar-refractivity contribution in [2.75, 3.05) is 0 Å². The molecule has 0 saturated heterocycles. The van der Waals surface area contributed by atoms with Crippen molar-refractivity contribution in [2.45, 2.75) is 0 Å². The summed E-state index contributed by atoms with van der Waals surface area (Å²) >= 11 is 0. The molecule has 0 aromatic rings. The summed E-state index contributed by atoms with van der Waals surface area (Å²) in [4.78, 5) is 0. The van der Waals surface area contributed by atoms with Crippen LogP contribution in [0.15, 0.2) is 0 Å². The molecule has 4 heteroatoms. The summed E-state index contributed by atoms with van der Waals surface area (Å²) in [7, 11) is 0. The van der Waals surface area contributed by atoms with Crippen molar-refractivity contribution in [2.24, 2.45) is 0 Å². The van der Waals surface area contributed by atoms with Gasteiger partial charge >= 0.3 is 23.1 Å². The Balaban J connectivity index is 0. The molecule has 20 valence electrons. The largest absolute Gasteiger partial charge is 2.00 e. The summed E-state index contributed by atoms with van der Waals surface area (Å²) < 4.78 is 0. The van der Waals surface area contributed by atoms with Crippen LogP contribution in [0.2, 0.25) is 0 Å². The summed E-state index contributed by atoms with van der Waals surface area (Å²) in [6, 6.07) is 0. The maximum absolute atomic E-state index is 0. The zero-order chi connectivity index (χ0) is 0. The molecule has 0 aromatic heterocycles. The zero-order valence-corrected chi connectivity index (χ0v) is 7.25. The van der Waals surface area contributed by atoms with Crippen LogP contribution >= 0.6 is 0 Å². The first-order chi connectivity index (χ1) is 0. The summed E-state index contributed by atoms with van der Waals surface area (Å²) in [5.41, 5.74) is 0. The minimum absolute atomic E-state index is 0. The number of hydrogen-bond donors (Lipinski definition) is 0. The second-order valence-electron chi connectivity index (χ2n) is 0. The standard InChI is InChI=1S/Al.Fe.Mg.Zn.5H/q;;+2;;;;;2*-1. The van der Waals surface area contributed by atoms with E-state index in [2.05, 4.69) is 0 Å². The Morgan fingerprint density at radius 3 is 1.25 bits per heavy atom. The summed E-state index contributed by atoms with van der Waals surface area (Å²) in [6.07, 6.45) is 0. The van der Waals surface area contributed by atoms with E-state index in [4.69, 9.17) is 0 Å². The van der Waals surface area contributed by atoms with Gasteiger partial charge in [-0.1, -0.05) is 0 Å². The molecular weight excluding hydrogens is 173 g/mol. The van der Waals surface area contributed by atoms with E-state index in [1.165, 1.54) is 0 Å². The van der Waals surface area contributed by atoms with Gasteiger partial charge in [0.2, 0.25) is 0 Å². The van der Waals surface area contributed by atoms with E-state index in [-0.39, 0.29) is 79.8 Å². The minimum Gasteiger partial charge on any atom is -1.00 e. The Labute approximate surface area is 79.0 Å². The normalized spacial score (nSPS) is 0. The third-order valence-corrected chi connectivity index (χ3v) is 0. The summed E-state index contributed by atoms with van der Waals surface area (Å²) in [5, 5.41) is 0. The van der Waals surface area contributed by atoms with Gasteiger partial charge in [-0.15, -0.1) is 0 Å². The zero-order valence-electron chi connectivity index (χ0n) is 3.77. The van der Waals surface area contributed by atoms with Crippen LogP contribution in [0.4, 0.5) is 0 Å².